The van der Waals surface area contributed by atoms with Crippen molar-refractivity contribution in [3.63, 3.8) is 0 Å². The number of methoxy groups -OCH3 is 1. The quantitative estimate of drug-likeness (QED) is 0.884. The third-order valence-corrected chi connectivity index (χ3v) is 5.54. The van der Waals surface area contributed by atoms with Crippen LogP contribution in [0.4, 0.5) is 10.5 Å². The summed E-state index contributed by atoms with van der Waals surface area (Å²) in [5.74, 6) is 0.125. The smallest absolute Gasteiger partial charge is 0.322 e. The molecular formula is C14H19ClN2O4S. The van der Waals surface area contributed by atoms with Crippen LogP contribution in [0.1, 0.15) is 6.42 Å². The fourth-order valence-electron chi connectivity index (χ4n) is 2.39. The van der Waals surface area contributed by atoms with E-state index in [1.807, 2.05) is 0 Å². The van der Waals surface area contributed by atoms with Crippen molar-refractivity contribution in [2.45, 2.75) is 12.5 Å². The average molecular weight is 347 g/mol. The number of hydrogen-bond donors (Lipinski definition) is 1. The maximum atomic E-state index is 12.4. The lowest BCUT2D eigenvalue weighted by Gasteiger charge is -2.28. The number of rotatable bonds is 5. The van der Waals surface area contributed by atoms with E-state index >= 15 is 0 Å². The highest BCUT2D eigenvalue weighted by atomic mass is 35.5. The van der Waals surface area contributed by atoms with Gasteiger partial charge in [-0.2, -0.15) is 0 Å². The summed E-state index contributed by atoms with van der Waals surface area (Å²) < 4.78 is 28.3. The molecule has 1 heterocycles. The van der Waals surface area contributed by atoms with Gasteiger partial charge < -0.3 is 15.0 Å². The lowest BCUT2D eigenvalue weighted by molar-refractivity contribution is 0.140. The van der Waals surface area contributed by atoms with E-state index in [1.165, 1.54) is 4.90 Å². The molecule has 1 aliphatic rings. The minimum Gasteiger partial charge on any atom is -0.383 e. The lowest BCUT2D eigenvalue weighted by atomic mass is 10.2. The number of halogens is 1. The Morgan fingerprint density at radius 3 is 2.64 bits per heavy atom. The molecule has 0 spiro atoms. The second-order valence-electron chi connectivity index (χ2n) is 5.18. The Morgan fingerprint density at radius 1 is 1.41 bits per heavy atom. The Bertz CT molecular complexity index is 618. The van der Waals surface area contributed by atoms with Crippen LogP contribution in [-0.4, -0.2) is 57.2 Å². The van der Waals surface area contributed by atoms with E-state index in [2.05, 4.69) is 5.32 Å². The van der Waals surface area contributed by atoms with Crippen LogP contribution in [0.3, 0.4) is 0 Å². The van der Waals surface area contributed by atoms with Gasteiger partial charge in [0.2, 0.25) is 0 Å². The number of anilines is 1. The van der Waals surface area contributed by atoms with Crippen molar-refractivity contribution in [3.8, 4) is 0 Å². The molecule has 1 aromatic rings. The monoisotopic (exact) mass is 346 g/mol. The first-order chi connectivity index (χ1) is 10.4. The molecule has 0 unspecified atom stereocenters. The highest BCUT2D eigenvalue weighted by Gasteiger charge is 2.34. The maximum Gasteiger partial charge on any atom is 0.322 e. The normalized spacial score (nSPS) is 19.8. The SMILES string of the molecule is COCCN(C(=O)Nc1ccc(Cl)cc1)[C@@H]1CCS(=O)(=O)C1. The number of ether oxygens (including phenoxy) is 1. The topological polar surface area (TPSA) is 75.7 Å². The first kappa shape index (κ1) is 17.1. The van der Waals surface area contributed by atoms with E-state index in [0.29, 0.717) is 30.3 Å². The molecule has 0 aromatic heterocycles. The maximum absolute atomic E-state index is 12.4. The highest BCUT2D eigenvalue weighted by Crippen LogP contribution is 2.20. The van der Waals surface area contributed by atoms with E-state index in [4.69, 9.17) is 16.3 Å². The summed E-state index contributed by atoms with van der Waals surface area (Å²) in [5, 5.41) is 3.34. The fraction of sp³-hybridized carbons (Fsp3) is 0.500. The number of nitrogens with one attached hydrogen (secondary N) is 1. The molecule has 8 heteroatoms. The van der Waals surface area contributed by atoms with Crippen molar-refractivity contribution in [1.82, 2.24) is 4.90 Å². The summed E-state index contributed by atoms with van der Waals surface area (Å²) in [6.07, 6.45) is 0.458. The predicted molar refractivity (Wildman–Crippen MR) is 86.1 cm³/mol. The molecule has 2 rings (SSSR count). The number of urea groups is 1. The zero-order valence-corrected chi connectivity index (χ0v) is 13.9. The molecule has 0 radical (unpaired) electrons. The van der Waals surface area contributed by atoms with Crippen LogP contribution in [0.25, 0.3) is 0 Å². The minimum atomic E-state index is -3.06. The van der Waals surface area contributed by atoms with E-state index in [1.54, 1.807) is 31.4 Å². The highest BCUT2D eigenvalue weighted by molar-refractivity contribution is 7.91. The van der Waals surface area contributed by atoms with Gasteiger partial charge in [0.15, 0.2) is 9.84 Å². The van der Waals surface area contributed by atoms with E-state index in [-0.39, 0.29) is 23.6 Å². The largest absolute Gasteiger partial charge is 0.383 e. The third kappa shape index (κ3) is 4.59. The van der Waals surface area contributed by atoms with Gasteiger partial charge in [0.1, 0.15) is 0 Å². The van der Waals surface area contributed by atoms with Crippen LogP contribution in [-0.2, 0) is 14.6 Å². The lowest BCUT2D eigenvalue weighted by Crippen LogP contribution is -2.45. The Kier molecular flexibility index (Phi) is 5.66. The van der Waals surface area contributed by atoms with Gasteiger partial charge in [-0.25, -0.2) is 13.2 Å². The van der Waals surface area contributed by atoms with Crippen LogP contribution in [0.2, 0.25) is 5.02 Å². The number of benzene rings is 1. The summed E-state index contributed by atoms with van der Waals surface area (Å²) >= 11 is 5.81. The number of carbonyl (C=O) groups is 1. The molecule has 0 aliphatic carbocycles. The molecular weight excluding hydrogens is 328 g/mol. The fourth-order valence-corrected chi connectivity index (χ4v) is 4.25. The Labute approximate surface area is 135 Å². The van der Waals surface area contributed by atoms with Crippen molar-refractivity contribution in [2.75, 3.05) is 37.1 Å². The van der Waals surface area contributed by atoms with Gasteiger partial charge in [-0.3, -0.25) is 0 Å². The second-order valence-corrected chi connectivity index (χ2v) is 7.85. The molecule has 1 aliphatic heterocycles. The molecule has 122 valence electrons. The van der Waals surface area contributed by atoms with Gasteiger partial charge in [0.05, 0.1) is 18.1 Å². The summed E-state index contributed by atoms with van der Waals surface area (Å²) in [5.41, 5.74) is 0.609. The number of amides is 2. The van der Waals surface area contributed by atoms with Crippen LogP contribution < -0.4 is 5.32 Å². The molecule has 6 nitrogen and oxygen atoms in total. The number of nitrogens with zero attached hydrogens (tertiary/aromatic N) is 1. The van der Waals surface area contributed by atoms with Gasteiger partial charge in [-0.15, -0.1) is 0 Å². The Morgan fingerprint density at radius 2 is 2.09 bits per heavy atom. The Balaban J connectivity index is 2.07. The van der Waals surface area contributed by atoms with E-state index in [9.17, 15) is 13.2 Å². The van der Waals surface area contributed by atoms with Crippen molar-refractivity contribution in [2.24, 2.45) is 0 Å². The summed E-state index contributed by atoms with van der Waals surface area (Å²) in [6.45, 7) is 0.695. The van der Waals surface area contributed by atoms with E-state index < -0.39 is 9.84 Å². The van der Waals surface area contributed by atoms with Crippen LogP contribution in [0.15, 0.2) is 24.3 Å². The minimum absolute atomic E-state index is 0.00471. The molecule has 22 heavy (non-hydrogen) atoms. The second kappa shape index (κ2) is 7.30. The molecule has 0 saturated carbocycles. The standard InChI is InChI=1S/C14H19ClN2O4S/c1-21-8-7-17(13-6-9-22(19,20)10-13)14(18)16-12-4-2-11(15)3-5-12/h2-5,13H,6-10H2,1H3,(H,16,18)/t13-/m1/s1. The molecule has 1 N–H and O–H groups in total. The summed E-state index contributed by atoms with van der Waals surface area (Å²) in [4.78, 5) is 14.0. The predicted octanol–water partition coefficient (Wildman–Crippen LogP) is 2.01. The van der Waals surface area contributed by atoms with Crippen LogP contribution in [0.5, 0.6) is 0 Å². The molecule has 1 aromatic carbocycles. The Hall–Kier alpha value is -1.31. The first-order valence-electron chi connectivity index (χ1n) is 6.94. The van der Waals surface area contributed by atoms with Gasteiger partial charge in [0.25, 0.3) is 0 Å². The van der Waals surface area contributed by atoms with Crippen LogP contribution in [0, 0.1) is 0 Å². The summed E-state index contributed by atoms with van der Waals surface area (Å²) in [7, 11) is -1.52. The molecule has 1 fully saturated rings. The third-order valence-electron chi connectivity index (χ3n) is 3.54. The van der Waals surface area contributed by atoms with Crippen molar-refractivity contribution in [3.05, 3.63) is 29.3 Å². The first-order valence-corrected chi connectivity index (χ1v) is 9.14. The van der Waals surface area contributed by atoms with Crippen molar-refractivity contribution >= 4 is 33.2 Å². The van der Waals surface area contributed by atoms with Crippen LogP contribution >= 0.6 is 11.6 Å². The van der Waals surface area contributed by atoms with E-state index in [0.717, 1.165) is 0 Å². The van der Waals surface area contributed by atoms with Gasteiger partial charge in [0, 0.05) is 30.4 Å². The average Bonchev–Trinajstić information content (AvgIpc) is 2.82. The number of carbonyl (C=O) groups excluding carboxylic acids is 1. The molecule has 2 amide bonds. The molecule has 1 saturated heterocycles. The molecule has 1 atom stereocenters. The zero-order chi connectivity index (χ0) is 16.2. The number of hydrogen-bond acceptors (Lipinski definition) is 4. The molecule has 0 bridgehead atoms. The summed E-state index contributed by atoms with van der Waals surface area (Å²) in [6, 6.07) is 6.10. The van der Waals surface area contributed by atoms with Gasteiger partial charge in [-0.05, 0) is 30.7 Å². The van der Waals surface area contributed by atoms with Crippen molar-refractivity contribution < 1.29 is 17.9 Å². The van der Waals surface area contributed by atoms with Gasteiger partial charge >= 0.3 is 6.03 Å². The zero-order valence-electron chi connectivity index (χ0n) is 12.3. The van der Waals surface area contributed by atoms with Crippen molar-refractivity contribution in [1.29, 1.82) is 0 Å². The number of sulfone groups is 1. The van der Waals surface area contributed by atoms with Gasteiger partial charge in [-0.1, -0.05) is 11.6 Å².